The summed E-state index contributed by atoms with van der Waals surface area (Å²) in [5, 5.41) is 58.4. The van der Waals surface area contributed by atoms with Gasteiger partial charge in [-0.05, 0) is 42.0 Å². The Hall–Kier alpha value is -5.67. The van der Waals surface area contributed by atoms with Crippen LogP contribution in [0.25, 0.3) is 32.9 Å². The van der Waals surface area contributed by atoms with E-state index in [1.54, 1.807) is 24.3 Å². The Kier molecular flexibility index (Phi) is 10.7. The van der Waals surface area contributed by atoms with Gasteiger partial charge in [-0.1, -0.05) is 6.07 Å². The summed E-state index contributed by atoms with van der Waals surface area (Å²) < 4.78 is 11.5. The standard InChI is InChI=1S/C31H31N3O12/c35-19-2-4-21-23(12-19)32-24-13-20(36)3-5-22(24)31(21)18-1-6-25(34(16-29(41)42)17-30(43)44)26(11-18)46-10-9-45-8-7-33(14-27(37)38)15-28(39)40/h1-6,11-13,35-36H,7-10,14-17H2,(H,37,38)(H,39,40)(H,41,42)(H,43,44). The smallest absolute Gasteiger partial charge is 0.323 e. The van der Waals surface area contributed by atoms with Gasteiger partial charge in [0.05, 0.1) is 43.0 Å². The zero-order valence-corrected chi connectivity index (χ0v) is 24.3. The molecule has 1 aromatic heterocycles. The number of anilines is 1. The summed E-state index contributed by atoms with van der Waals surface area (Å²) in [6.07, 6.45) is 0. The molecule has 3 aromatic carbocycles. The van der Waals surface area contributed by atoms with Crippen LogP contribution in [-0.2, 0) is 23.9 Å². The largest absolute Gasteiger partial charge is 0.508 e. The molecule has 4 rings (SSSR count). The van der Waals surface area contributed by atoms with Gasteiger partial charge in [0, 0.05) is 35.0 Å². The number of carboxylic acids is 4. The molecule has 15 heteroatoms. The van der Waals surface area contributed by atoms with Gasteiger partial charge in [0.1, 0.15) is 36.9 Å². The summed E-state index contributed by atoms with van der Waals surface area (Å²) >= 11 is 0. The van der Waals surface area contributed by atoms with Crippen molar-refractivity contribution in [2.24, 2.45) is 0 Å². The van der Waals surface area contributed by atoms with Gasteiger partial charge in [-0.3, -0.25) is 24.1 Å². The quantitative estimate of drug-likeness (QED) is 0.0721. The van der Waals surface area contributed by atoms with Crippen molar-refractivity contribution < 1.29 is 59.3 Å². The number of ether oxygens (including phenoxy) is 2. The normalized spacial score (nSPS) is 11.2. The second kappa shape index (κ2) is 14.9. The van der Waals surface area contributed by atoms with Gasteiger partial charge in [-0.2, -0.15) is 0 Å². The molecule has 0 bridgehead atoms. The number of aromatic hydroxyl groups is 2. The average Bonchev–Trinajstić information content (AvgIpc) is 2.96. The summed E-state index contributed by atoms with van der Waals surface area (Å²) in [4.78, 5) is 52.1. The predicted molar refractivity (Wildman–Crippen MR) is 164 cm³/mol. The van der Waals surface area contributed by atoms with Crippen molar-refractivity contribution in [3.63, 3.8) is 0 Å². The molecule has 15 nitrogen and oxygen atoms in total. The molecule has 1 heterocycles. The molecule has 0 aliphatic rings. The monoisotopic (exact) mass is 637 g/mol. The van der Waals surface area contributed by atoms with Crippen molar-refractivity contribution in [2.75, 3.05) is 57.4 Å². The van der Waals surface area contributed by atoms with Crippen molar-refractivity contribution in [2.45, 2.75) is 0 Å². The third-order valence-electron chi connectivity index (χ3n) is 6.74. The van der Waals surface area contributed by atoms with Crippen LogP contribution in [0.15, 0.2) is 54.6 Å². The molecule has 4 aromatic rings. The zero-order chi connectivity index (χ0) is 33.4. The van der Waals surface area contributed by atoms with Crippen LogP contribution in [0.5, 0.6) is 17.2 Å². The van der Waals surface area contributed by atoms with Gasteiger partial charge in [-0.15, -0.1) is 0 Å². The van der Waals surface area contributed by atoms with Crippen LogP contribution in [0, 0.1) is 0 Å². The minimum Gasteiger partial charge on any atom is -0.508 e. The number of carboxylic acid groups (broad SMARTS) is 4. The molecule has 242 valence electrons. The Morgan fingerprint density at radius 1 is 0.652 bits per heavy atom. The van der Waals surface area contributed by atoms with Gasteiger partial charge < -0.3 is 45.0 Å². The molecule has 0 aliphatic heterocycles. The summed E-state index contributed by atoms with van der Waals surface area (Å²) in [5.41, 5.74) is 2.29. The number of fused-ring (bicyclic) bond motifs is 2. The molecule has 6 N–H and O–H groups in total. The van der Waals surface area contributed by atoms with Crippen molar-refractivity contribution >= 4 is 51.4 Å². The van der Waals surface area contributed by atoms with E-state index in [1.807, 2.05) is 0 Å². The number of benzene rings is 3. The number of aliphatic carboxylic acids is 4. The number of hydrogen-bond acceptors (Lipinski definition) is 11. The highest BCUT2D eigenvalue weighted by Crippen LogP contribution is 2.40. The SMILES string of the molecule is O=C(O)CN(CCOCCOc1cc(-c2c3ccc(O)cc3nc3cc(O)ccc23)ccc1N(CC(=O)O)CC(=O)O)CC(=O)O. The van der Waals surface area contributed by atoms with Gasteiger partial charge in [-0.25, -0.2) is 4.98 Å². The summed E-state index contributed by atoms with van der Waals surface area (Å²) in [5.74, 6) is -4.80. The van der Waals surface area contributed by atoms with Crippen molar-refractivity contribution in [3.8, 4) is 28.4 Å². The van der Waals surface area contributed by atoms with Gasteiger partial charge in [0.25, 0.3) is 0 Å². The number of phenols is 2. The van der Waals surface area contributed by atoms with E-state index < -0.39 is 50.1 Å². The van der Waals surface area contributed by atoms with Gasteiger partial charge in [0.2, 0.25) is 0 Å². The van der Waals surface area contributed by atoms with Crippen LogP contribution in [-0.4, -0.2) is 117 Å². The summed E-state index contributed by atoms with van der Waals surface area (Å²) in [6.45, 7) is -2.32. The molecule has 0 fully saturated rings. The van der Waals surface area contributed by atoms with E-state index in [0.717, 1.165) is 4.90 Å². The van der Waals surface area contributed by atoms with Crippen LogP contribution in [0.3, 0.4) is 0 Å². The fraction of sp³-hybridized carbons (Fsp3) is 0.258. The zero-order valence-electron chi connectivity index (χ0n) is 24.3. The number of carbonyl (C=O) groups is 4. The Morgan fingerprint density at radius 2 is 1.20 bits per heavy atom. The molecule has 0 saturated carbocycles. The highest BCUT2D eigenvalue weighted by Gasteiger charge is 2.21. The van der Waals surface area contributed by atoms with E-state index in [9.17, 15) is 39.6 Å². The first kappa shape index (κ1) is 33.2. The first-order valence-electron chi connectivity index (χ1n) is 13.9. The van der Waals surface area contributed by atoms with Gasteiger partial charge >= 0.3 is 23.9 Å². The van der Waals surface area contributed by atoms with Crippen LogP contribution in [0.4, 0.5) is 5.69 Å². The highest BCUT2D eigenvalue weighted by atomic mass is 16.5. The number of hydrogen-bond donors (Lipinski definition) is 6. The van der Waals surface area contributed by atoms with Crippen molar-refractivity contribution in [1.82, 2.24) is 9.88 Å². The minimum absolute atomic E-state index is 0.00431. The van der Waals surface area contributed by atoms with Crippen molar-refractivity contribution in [1.29, 1.82) is 0 Å². The van der Waals surface area contributed by atoms with Crippen LogP contribution in [0.2, 0.25) is 0 Å². The van der Waals surface area contributed by atoms with E-state index in [1.165, 1.54) is 35.2 Å². The second-order valence-electron chi connectivity index (χ2n) is 10.2. The number of pyridine rings is 1. The molecular formula is C31H31N3O12. The van der Waals surface area contributed by atoms with Crippen LogP contribution in [0.1, 0.15) is 0 Å². The number of aromatic nitrogens is 1. The second-order valence-corrected chi connectivity index (χ2v) is 10.2. The molecule has 0 aliphatic carbocycles. The molecule has 0 saturated heterocycles. The highest BCUT2D eigenvalue weighted by molar-refractivity contribution is 6.10. The lowest BCUT2D eigenvalue weighted by Gasteiger charge is -2.24. The Labute approximate surface area is 261 Å². The summed E-state index contributed by atoms with van der Waals surface area (Å²) in [7, 11) is 0. The maximum Gasteiger partial charge on any atom is 0.323 e. The molecule has 0 radical (unpaired) electrons. The fourth-order valence-corrected chi connectivity index (χ4v) is 4.94. The molecular weight excluding hydrogens is 606 g/mol. The number of rotatable bonds is 17. The maximum atomic E-state index is 11.6. The molecule has 0 atom stereocenters. The van der Waals surface area contributed by atoms with Crippen molar-refractivity contribution in [3.05, 3.63) is 54.6 Å². The lowest BCUT2D eigenvalue weighted by Crippen LogP contribution is -2.37. The van der Waals surface area contributed by atoms with Crippen LogP contribution < -0.4 is 9.64 Å². The number of nitrogens with zero attached hydrogens (tertiary/aromatic N) is 3. The van der Waals surface area contributed by atoms with E-state index in [0.29, 0.717) is 32.9 Å². The third-order valence-corrected chi connectivity index (χ3v) is 6.74. The van der Waals surface area contributed by atoms with E-state index in [4.69, 9.17) is 19.7 Å². The Balaban J connectivity index is 1.67. The molecule has 0 unspecified atom stereocenters. The Bertz CT molecular complexity index is 1690. The van der Waals surface area contributed by atoms with E-state index in [-0.39, 0.29) is 49.3 Å². The van der Waals surface area contributed by atoms with E-state index in [2.05, 4.69) is 4.98 Å². The van der Waals surface area contributed by atoms with E-state index >= 15 is 0 Å². The molecule has 0 amide bonds. The van der Waals surface area contributed by atoms with Crippen LogP contribution >= 0.6 is 0 Å². The lowest BCUT2D eigenvalue weighted by atomic mass is 9.95. The lowest BCUT2D eigenvalue weighted by molar-refractivity contribution is -0.142. The first-order chi connectivity index (χ1) is 21.9. The predicted octanol–water partition coefficient (Wildman–Crippen LogP) is 2.31. The topological polar surface area (TPSA) is 227 Å². The number of phenolic OH excluding ortho intramolecular Hbond substituents is 2. The fourth-order valence-electron chi connectivity index (χ4n) is 4.94. The average molecular weight is 638 g/mol. The summed E-state index contributed by atoms with van der Waals surface area (Å²) in [6, 6.07) is 14.1. The molecule has 0 spiro atoms. The minimum atomic E-state index is -1.27. The maximum absolute atomic E-state index is 11.6. The Morgan fingerprint density at radius 3 is 1.72 bits per heavy atom. The third kappa shape index (κ3) is 8.71. The first-order valence-corrected chi connectivity index (χ1v) is 13.9. The van der Waals surface area contributed by atoms with Gasteiger partial charge in [0.15, 0.2) is 0 Å². The molecule has 46 heavy (non-hydrogen) atoms.